The zero-order valence-corrected chi connectivity index (χ0v) is 13.1. The van der Waals surface area contributed by atoms with Crippen molar-refractivity contribution in [3.8, 4) is 17.2 Å². The molecule has 5 nitrogen and oxygen atoms in total. The molecule has 0 radical (unpaired) electrons. The summed E-state index contributed by atoms with van der Waals surface area (Å²) in [5.41, 5.74) is 10.2. The topological polar surface area (TPSA) is 57.0 Å². The van der Waals surface area contributed by atoms with Crippen molar-refractivity contribution in [3.05, 3.63) is 41.5 Å². The Balaban J connectivity index is 2.00. The molecule has 3 rings (SSSR count). The summed E-state index contributed by atoms with van der Waals surface area (Å²) in [7, 11) is 4.87. The van der Waals surface area contributed by atoms with Crippen LogP contribution in [0.3, 0.4) is 0 Å². The number of fused-ring (bicyclic) bond motifs is 1. The Morgan fingerprint density at radius 2 is 1.59 bits per heavy atom. The van der Waals surface area contributed by atoms with E-state index in [-0.39, 0.29) is 0 Å². The van der Waals surface area contributed by atoms with E-state index in [0.717, 1.165) is 24.5 Å². The van der Waals surface area contributed by atoms with Crippen molar-refractivity contribution in [1.82, 2.24) is 0 Å². The van der Waals surface area contributed by atoms with Crippen molar-refractivity contribution in [2.24, 2.45) is 0 Å². The van der Waals surface area contributed by atoms with Gasteiger partial charge in [0.1, 0.15) is 0 Å². The van der Waals surface area contributed by atoms with Gasteiger partial charge in [-0.1, -0.05) is 6.07 Å². The lowest BCUT2D eigenvalue weighted by Gasteiger charge is -2.23. The average Bonchev–Trinajstić information content (AvgIpc) is 2.95. The molecule has 0 saturated heterocycles. The van der Waals surface area contributed by atoms with Crippen molar-refractivity contribution in [3.63, 3.8) is 0 Å². The van der Waals surface area contributed by atoms with Crippen LogP contribution in [0.15, 0.2) is 30.3 Å². The average molecular weight is 300 g/mol. The maximum atomic E-state index is 5.87. The van der Waals surface area contributed by atoms with E-state index in [1.165, 1.54) is 11.1 Å². The molecule has 0 bridgehead atoms. The lowest BCUT2D eigenvalue weighted by atomic mass is 10.1. The molecule has 1 heterocycles. The molecule has 22 heavy (non-hydrogen) atoms. The SMILES string of the molecule is COc1ccc(N2Cc3ccc(N)cc3C2)c(OC)c1OC. The fraction of sp³-hybridized carbons (Fsp3) is 0.294. The number of anilines is 2. The number of hydrogen-bond donors (Lipinski definition) is 1. The monoisotopic (exact) mass is 300 g/mol. The summed E-state index contributed by atoms with van der Waals surface area (Å²) >= 11 is 0. The van der Waals surface area contributed by atoms with Gasteiger partial charge in [-0.25, -0.2) is 0 Å². The lowest BCUT2D eigenvalue weighted by Crippen LogP contribution is -2.16. The first kappa shape index (κ1) is 14.4. The Morgan fingerprint density at radius 1 is 0.864 bits per heavy atom. The highest BCUT2D eigenvalue weighted by Gasteiger charge is 2.25. The van der Waals surface area contributed by atoms with Crippen molar-refractivity contribution in [1.29, 1.82) is 0 Å². The van der Waals surface area contributed by atoms with Crippen LogP contribution in [0, 0.1) is 0 Å². The number of rotatable bonds is 4. The van der Waals surface area contributed by atoms with Crippen molar-refractivity contribution in [2.75, 3.05) is 32.0 Å². The fourth-order valence-corrected chi connectivity index (χ4v) is 2.92. The van der Waals surface area contributed by atoms with E-state index in [9.17, 15) is 0 Å². The standard InChI is InChI=1S/C17H20N2O3/c1-20-15-7-6-14(16(21-2)17(15)22-3)19-9-11-4-5-13(18)8-12(11)10-19/h4-8H,9-10,18H2,1-3H3. The molecular weight excluding hydrogens is 280 g/mol. The molecule has 0 fully saturated rings. The van der Waals surface area contributed by atoms with E-state index in [1.807, 2.05) is 24.3 Å². The summed E-state index contributed by atoms with van der Waals surface area (Å²) in [6.45, 7) is 1.62. The van der Waals surface area contributed by atoms with Crippen LogP contribution in [0.2, 0.25) is 0 Å². The van der Waals surface area contributed by atoms with E-state index in [2.05, 4.69) is 11.0 Å². The highest BCUT2D eigenvalue weighted by Crippen LogP contribution is 2.46. The number of nitrogens with two attached hydrogens (primary N) is 1. The van der Waals surface area contributed by atoms with Gasteiger partial charge in [0, 0.05) is 18.8 Å². The second kappa shape index (κ2) is 5.67. The molecule has 2 N–H and O–H groups in total. The highest BCUT2D eigenvalue weighted by atomic mass is 16.5. The van der Waals surface area contributed by atoms with Gasteiger partial charge in [0.2, 0.25) is 5.75 Å². The third kappa shape index (κ3) is 2.28. The Morgan fingerprint density at radius 3 is 2.27 bits per heavy atom. The van der Waals surface area contributed by atoms with Crippen LogP contribution >= 0.6 is 0 Å². The summed E-state index contributed by atoms with van der Waals surface area (Å²) in [5.74, 6) is 1.95. The Labute approximate surface area is 130 Å². The normalized spacial score (nSPS) is 13.0. The number of ether oxygens (including phenoxy) is 3. The number of benzene rings is 2. The second-order valence-corrected chi connectivity index (χ2v) is 5.24. The van der Waals surface area contributed by atoms with E-state index in [4.69, 9.17) is 19.9 Å². The number of hydrogen-bond acceptors (Lipinski definition) is 5. The minimum atomic E-state index is 0.609. The third-order valence-corrected chi connectivity index (χ3v) is 3.98. The summed E-state index contributed by atoms with van der Waals surface area (Å²) in [5, 5.41) is 0. The molecule has 0 spiro atoms. The van der Waals surface area contributed by atoms with E-state index in [1.54, 1.807) is 21.3 Å². The van der Waals surface area contributed by atoms with Gasteiger partial charge in [-0.15, -0.1) is 0 Å². The summed E-state index contributed by atoms with van der Waals surface area (Å²) in [6.07, 6.45) is 0. The molecule has 1 aliphatic heterocycles. The number of nitrogen functional groups attached to an aromatic ring is 1. The van der Waals surface area contributed by atoms with Crippen LogP contribution in [0.1, 0.15) is 11.1 Å². The molecular formula is C17H20N2O3. The van der Waals surface area contributed by atoms with Crippen LogP contribution in [-0.4, -0.2) is 21.3 Å². The first-order valence-electron chi connectivity index (χ1n) is 7.09. The van der Waals surface area contributed by atoms with Crippen molar-refractivity contribution < 1.29 is 14.2 Å². The molecule has 116 valence electrons. The number of nitrogens with zero attached hydrogens (tertiary/aromatic N) is 1. The zero-order valence-electron chi connectivity index (χ0n) is 13.1. The predicted molar refractivity (Wildman–Crippen MR) is 86.8 cm³/mol. The van der Waals surface area contributed by atoms with Crippen LogP contribution in [0.5, 0.6) is 17.2 Å². The first-order valence-corrected chi connectivity index (χ1v) is 7.09. The van der Waals surface area contributed by atoms with E-state index >= 15 is 0 Å². The molecule has 0 aliphatic carbocycles. The molecule has 0 unspecified atom stereocenters. The van der Waals surface area contributed by atoms with Gasteiger partial charge in [0.15, 0.2) is 11.5 Å². The zero-order chi connectivity index (χ0) is 15.7. The van der Waals surface area contributed by atoms with Crippen LogP contribution in [0.4, 0.5) is 11.4 Å². The molecule has 2 aromatic carbocycles. The van der Waals surface area contributed by atoms with E-state index < -0.39 is 0 Å². The van der Waals surface area contributed by atoms with Gasteiger partial charge < -0.3 is 24.8 Å². The largest absolute Gasteiger partial charge is 0.493 e. The minimum absolute atomic E-state index is 0.609. The quantitative estimate of drug-likeness (QED) is 0.880. The Bertz CT molecular complexity index is 701. The summed E-state index contributed by atoms with van der Waals surface area (Å²) in [6, 6.07) is 9.94. The second-order valence-electron chi connectivity index (χ2n) is 5.24. The predicted octanol–water partition coefficient (Wildman–Crippen LogP) is 2.81. The van der Waals surface area contributed by atoms with Crippen LogP contribution in [0.25, 0.3) is 0 Å². The van der Waals surface area contributed by atoms with Crippen LogP contribution in [-0.2, 0) is 13.1 Å². The highest BCUT2D eigenvalue weighted by molar-refractivity contribution is 5.70. The molecule has 0 saturated carbocycles. The van der Waals surface area contributed by atoms with Gasteiger partial charge in [-0.05, 0) is 35.4 Å². The molecule has 2 aromatic rings. The Hall–Kier alpha value is -2.56. The maximum absolute atomic E-state index is 5.87. The third-order valence-electron chi connectivity index (χ3n) is 3.98. The van der Waals surface area contributed by atoms with Gasteiger partial charge in [0.25, 0.3) is 0 Å². The van der Waals surface area contributed by atoms with Gasteiger partial charge in [0.05, 0.1) is 27.0 Å². The van der Waals surface area contributed by atoms with Gasteiger partial charge in [-0.2, -0.15) is 0 Å². The smallest absolute Gasteiger partial charge is 0.205 e. The fourth-order valence-electron chi connectivity index (χ4n) is 2.92. The summed E-state index contributed by atoms with van der Waals surface area (Å²) in [4.78, 5) is 2.24. The lowest BCUT2D eigenvalue weighted by molar-refractivity contribution is 0.324. The first-order chi connectivity index (χ1) is 10.7. The van der Waals surface area contributed by atoms with Crippen molar-refractivity contribution in [2.45, 2.75) is 13.1 Å². The number of methoxy groups -OCH3 is 3. The molecule has 5 heteroatoms. The molecule has 0 amide bonds. The van der Waals surface area contributed by atoms with Crippen molar-refractivity contribution >= 4 is 11.4 Å². The van der Waals surface area contributed by atoms with Gasteiger partial charge in [-0.3, -0.25) is 0 Å². The Kier molecular flexibility index (Phi) is 3.71. The van der Waals surface area contributed by atoms with E-state index in [0.29, 0.717) is 17.2 Å². The summed E-state index contributed by atoms with van der Waals surface area (Å²) < 4.78 is 16.4. The van der Waals surface area contributed by atoms with Gasteiger partial charge >= 0.3 is 0 Å². The van der Waals surface area contributed by atoms with Crippen LogP contribution < -0.4 is 24.8 Å². The minimum Gasteiger partial charge on any atom is -0.493 e. The molecule has 1 aliphatic rings. The maximum Gasteiger partial charge on any atom is 0.205 e. The molecule has 0 atom stereocenters. The molecule has 0 aromatic heterocycles.